The van der Waals surface area contributed by atoms with Gasteiger partial charge in [0.1, 0.15) is 0 Å². The van der Waals surface area contributed by atoms with Crippen LogP contribution in [-0.4, -0.2) is 11.9 Å². The van der Waals surface area contributed by atoms with Crippen LogP contribution in [0.3, 0.4) is 0 Å². The highest BCUT2D eigenvalue weighted by Gasteiger charge is 2.47. The molecule has 1 fully saturated rings. The average Bonchev–Trinajstić information content (AvgIpc) is 3.54. The van der Waals surface area contributed by atoms with E-state index < -0.39 is 0 Å². The molecule has 0 aromatic heterocycles. The summed E-state index contributed by atoms with van der Waals surface area (Å²) in [5.41, 5.74) is 5.07. The van der Waals surface area contributed by atoms with Crippen LogP contribution >= 0.6 is 0 Å². The van der Waals surface area contributed by atoms with Gasteiger partial charge in [-0.15, -0.1) is 0 Å². The number of anilines is 2. The van der Waals surface area contributed by atoms with Crippen molar-refractivity contribution in [3.8, 4) is 6.07 Å². The monoisotopic (exact) mass is 387 g/mol. The Hall–Kier alpha value is -2.80. The molecule has 3 unspecified atom stereocenters. The third-order valence-corrected chi connectivity index (χ3v) is 6.35. The fourth-order valence-corrected chi connectivity index (χ4v) is 4.92. The van der Waals surface area contributed by atoms with E-state index in [1.807, 2.05) is 23.1 Å². The summed E-state index contributed by atoms with van der Waals surface area (Å²) in [4.78, 5) is 14.6. The zero-order valence-corrected chi connectivity index (χ0v) is 17.5. The van der Waals surface area contributed by atoms with Gasteiger partial charge in [-0.2, -0.15) is 5.26 Å². The molecule has 2 aliphatic rings. The van der Waals surface area contributed by atoms with Gasteiger partial charge in [-0.1, -0.05) is 32.4 Å². The molecule has 0 spiro atoms. The summed E-state index contributed by atoms with van der Waals surface area (Å²) in [6.07, 6.45) is 4.55. The molecule has 29 heavy (non-hydrogen) atoms. The lowest BCUT2D eigenvalue weighted by Gasteiger charge is -2.46. The van der Waals surface area contributed by atoms with E-state index in [-0.39, 0.29) is 23.9 Å². The number of amides is 1. The van der Waals surface area contributed by atoms with Crippen LogP contribution in [0.15, 0.2) is 42.5 Å². The number of carbonyl (C=O) groups excluding carboxylic acids is 1. The number of nitrogens with one attached hydrogen (secondary N) is 1. The van der Waals surface area contributed by atoms with Crippen LogP contribution in [-0.2, 0) is 11.2 Å². The molecule has 150 valence electrons. The van der Waals surface area contributed by atoms with Crippen LogP contribution in [0.25, 0.3) is 0 Å². The van der Waals surface area contributed by atoms with Crippen molar-refractivity contribution in [3.05, 3.63) is 59.2 Å². The third-order valence-electron chi connectivity index (χ3n) is 6.35. The quantitative estimate of drug-likeness (QED) is 0.743. The second-order valence-electron chi connectivity index (χ2n) is 8.53. The SMILES string of the molecule is CCCc1cccc(NC2c3cc(C#N)ccc3N(C(C)=O)C(C3CC3)C2C)c1. The maximum Gasteiger partial charge on any atom is 0.224 e. The maximum atomic E-state index is 12.6. The molecule has 1 N–H and O–H groups in total. The van der Waals surface area contributed by atoms with E-state index in [1.54, 1.807) is 6.92 Å². The summed E-state index contributed by atoms with van der Waals surface area (Å²) in [5.74, 6) is 0.902. The molecular formula is C25H29N3O. The summed E-state index contributed by atoms with van der Waals surface area (Å²) in [7, 11) is 0. The molecule has 1 heterocycles. The molecular weight excluding hydrogens is 358 g/mol. The minimum Gasteiger partial charge on any atom is -0.378 e. The van der Waals surface area contributed by atoms with Crippen LogP contribution in [0, 0.1) is 23.2 Å². The molecule has 4 heteroatoms. The predicted molar refractivity (Wildman–Crippen MR) is 117 cm³/mol. The average molecular weight is 388 g/mol. The Morgan fingerprint density at radius 2 is 2.03 bits per heavy atom. The van der Waals surface area contributed by atoms with Crippen molar-refractivity contribution in [2.45, 2.75) is 58.5 Å². The zero-order valence-electron chi connectivity index (χ0n) is 17.5. The lowest BCUT2D eigenvalue weighted by molar-refractivity contribution is -0.117. The molecule has 0 saturated heterocycles. The largest absolute Gasteiger partial charge is 0.378 e. The first-order chi connectivity index (χ1) is 14.0. The molecule has 0 bridgehead atoms. The number of fused-ring (bicyclic) bond motifs is 1. The summed E-state index contributed by atoms with van der Waals surface area (Å²) in [6, 6.07) is 16.9. The van der Waals surface area contributed by atoms with Gasteiger partial charge in [0.15, 0.2) is 0 Å². The Bertz CT molecular complexity index is 957. The smallest absolute Gasteiger partial charge is 0.224 e. The van der Waals surface area contributed by atoms with Crippen molar-refractivity contribution in [2.75, 3.05) is 10.2 Å². The van der Waals surface area contributed by atoms with Gasteiger partial charge in [0.25, 0.3) is 0 Å². The summed E-state index contributed by atoms with van der Waals surface area (Å²) in [6.45, 7) is 6.10. The van der Waals surface area contributed by atoms with Crippen LogP contribution in [0.5, 0.6) is 0 Å². The van der Waals surface area contributed by atoms with Crippen molar-refractivity contribution in [1.29, 1.82) is 5.26 Å². The van der Waals surface area contributed by atoms with Gasteiger partial charge in [0.2, 0.25) is 5.91 Å². The molecule has 1 amide bonds. The van der Waals surface area contributed by atoms with Crippen molar-refractivity contribution in [3.63, 3.8) is 0 Å². The molecule has 0 radical (unpaired) electrons. The highest BCUT2D eigenvalue weighted by Crippen LogP contribution is 2.50. The fraction of sp³-hybridized carbons (Fsp3) is 0.440. The van der Waals surface area contributed by atoms with E-state index in [0.717, 1.165) is 29.8 Å². The van der Waals surface area contributed by atoms with E-state index in [4.69, 9.17) is 0 Å². The van der Waals surface area contributed by atoms with Gasteiger partial charge in [0, 0.05) is 30.3 Å². The standard InChI is InChI=1S/C25H29N3O/c1-4-6-18-7-5-8-21(13-18)27-24-16(2)25(20-10-11-20)28(17(3)29)23-12-9-19(15-26)14-22(23)24/h5,7-9,12-14,16,20,24-25,27H,4,6,10-11H2,1-3H3. The van der Waals surface area contributed by atoms with Gasteiger partial charge >= 0.3 is 0 Å². The number of aryl methyl sites for hydroxylation is 1. The molecule has 3 atom stereocenters. The third kappa shape index (κ3) is 3.74. The molecule has 1 saturated carbocycles. The second kappa shape index (κ2) is 7.91. The van der Waals surface area contributed by atoms with Crippen LogP contribution in [0.4, 0.5) is 11.4 Å². The van der Waals surface area contributed by atoms with Gasteiger partial charge in [0.05, 0.1) is 17.7 Å². The van der Waals surface area contributed by atoms with Crippen molar-refractivity contribution in [2.24, 2.45) is 11.8 Å². The lowest BCUT2D eigenvalue weighted by Crippen LogP contribution is -2.51. The first-order valence-electron chi connectivity index (χ1n) is 10.7. The van der Waals surface area contributed by atoms with Crippen molar-refractivity contribution in [1.82, 2.24) is 0 Å². The molecule has 4 nitrogen and oxygen atoms in total. The highest BCUT2D eigenvalue weighted by molar-refractivity contribution is 5.94. The molecule has 2 aromatic rings. The number of nitriles is 1. The lowest BCUT2D eigenvalue weighted by atomic mass is 9.79. The Morgan fingerprint density at radius 1 is 1.24 bits per heavy atom. The molecule has 2 aromatic carbocycles. The van der Waals surface area contributed by atoms with E-state index >= 15 is 0 Å². The number of rotatable bonds is 5. The summed E-state index contributed by atoms with van der Waals surface area (Å²) < 4.78 is 0. The van der Waals surface area contributed by atoms with Crippen molar-refractivity contribution >= 4 is 17.3 Å². The van der Waals surface area contributed by atoms with Crippen LogP contribution in [0.1, 0.15) is 62.8 Å². The van der Waals surface area contributed by atoms with Gasteiger partial charge < -0.3 is 10.2 Å². The van der Waals surface area contributed by atoms with Crippen LogP contribution < -0.4 is 10.2 Å². The van der Waals surface area contributed by atoms with Gasteiger partial charge in [-0.3, -0.25) is 4.79 Å². The van der Waals surface area contributed by atoms with Gasteiger partial charge in [-0.25, -0.2) is 0 Å². The number of benzene rings is 2. The van der Waals surface area contributed by atoms with Crippen molar-refractivity contribution < 1.29 is 4.79 Å². The highest BCUT2D eigenvalue weighted by atomic mass is 16.2. The van der Waals surface area contributed by atoms with Gasteiger partial charge in [-0.05, 0) is 66.6 Å². The second-order valence-corrected chi connectivity index (χ2v) is 8.53. The number of nitrogens with zero attached hydrogens (tertiary/aromatic N) is 2. The summed E-state index contributed by atoms with van der Waals surface area (Å²) >= 11 is 0. The Balaban J connectivity index is 1.77. The number of carbonyl (C=O) groups is 1. The maximum absolute atomic E-state index is 12.6. The zero-order chi connectivity index (χ0) is 20.5. The molecule has 1 aliphatic heterocycles. The Kier molecular flexibility index (Phi) is 5.32. The van der Waals surface area contributed by atoms with E-state index in [2.05, 4.69) is 49.5 Å². The molecule has 4 rings (SSSR count). The topological polar surface area (TPSA) is 56.1 Å². The minimum absolute atomic E-state index is 0.0661. The number of hydrogen-bond acceptors (Lipinski definition) is 3. The van der Waals surface area contributed by atoms with Crippen LogP contribution in [0.2, 0.25) is 0 Å². The normalized spacial score (nSPS) is 23.2. The van der Waals surface area contributed by atoms with E-state index in [1.165, 1.54) is 18.4 Å². The van der Waals surface area contributed by atoms with E-state index in [9.17, 15) is 10.1 Å². The predicted octanol–water partition coefficient (Wildman–Crippen LogP) is 5.45. The first kappa shape index (κ1) is 19.5. The number of hydrogen-bond donors (Lipinski definition) is 1. The minimum atomic E-state index is 0.0661. The molecule has 1 aliphatic carbocycles. The fourth-order valence-electron chi connectivity index (χ4n) is 4.92. The summed E-state index contributed by atoms with van der Waals surface area (Å²) in [5, 5.41) is 13.2. The Labute approximate surface area is 173 Å². The van der Waals surface area contributed by atoms with E-state index in [0.29, 0.717) is 11.5 Å². The Morgan fingerprint density at radius 3 is 2.69 bits per heavy atom. The first-order valence-corrected chi connectivity index (χ1v) is 10.7.